The van der Waals surface area contributed by atoms with Gasteiger partial charge in [-0.25, -0.2) is 0 Å². The Bertz CT molecular complexity index is 334. The number of nitrogens with one attached hydrogen (secondary N) is 2. The maximum absolute atomic E-state index is 12.1. The molecule has 1 amide bonds. The summed E-state index contributed by atoms with van der Waals surface area (Å²) < 4.78 is 10.4. The summed E-state index contributed by atoms with van der Waals surface area (Å²) in [4.78, 5) is 12.1. The largest absolute Gasteiger partial charge is 0.394 e. The molecule has 2 fully saturated rings. The third-order valence-electron chi connectivity index (χ3n) is 3.80. The average Bonchev–Trinajstić information content (AvgIpc) is 2.98. The number of ether oxygens (including phenoxy) is 2. The normalized spacial score (nSPS) is 41.6. The first-order valence-corrected chi connectivity index (χ1v) is 6.77. The predicted octanol–water partition coefficient (Wildman–Crippen LogP) is -2.69. The van der Waals surface area contributed by atoms with Gasteiger partial charge in [0.2, 0.25) is 5.91 Å². The van der Waals surface area contributed by atoms with Gasteiger partial charge in [-0.3, -0.25) is 4.79 Å². The molecule has 8 nitrogen and oxygen atoms in total. The van der Waals surface area contributed by atoms with Crippen molar-refractivity contribution in [1.82, 2.24) is 10.6 Å². The van der Waals surface area contributed by atoms with Gasteiger partial charge in [0.15, 0.2) is 6.29 Å². The van der Waals surface area contributed by atoms with Crippen LogP contribution in [0.4, 0.5) is 0 Å². The molecule has 0 saturated carbocycles. The summed E-state index contributed by atoms with van der Waals surface area (Å²) in [6.07, 6.45) is -2.76. The molecule has 8 heteroatoms. The third kappa shape index (κ3) is 3.11. The highest BCUT2D eigenvalue weighted by Crippen LogP contribution is 2.22. The van der Waals surface area contributed by atoms with Crippen LogP contribution in [-0.2, 0) is 14.3 Å². The summed E-state index contributed by atoms with van der Waals surface area (Å²) in [6, 6.07) is -1.18. The monoisotopic (exact) mass is 290 g/mol. The van der Waals surface area contributed by atoms with E-state index in [9.17, 15) is 15.0 Å². The zero-order chi connectivity index (χ0) is 14.7. The Morgan fingerprint density at radius 1 is 1.45 bits per heavy atom. The minimum absolute atomic E-state index is 0.258. The summed E-state index contributed by atoms with van der Waals surface area (Å²) >= 11 is 0. The fourth-order valence-electron chi connectivity index (χ4n) is 2.61. The Labute approximate surface area is 117 Å². The van der Waals surface area contributed by atoms with Crippen molar-refractivity contribution in [3.63, 3.8) is 0 Å². The Morgan fingerprint density at radius 2 is 2.20 bits per heavy atom. The van der Waals surface area contributed by atoms with Gasteiger partial charge in [-0.1, -0.05) is 0 Å². The fraction of sp³-hybridized carbons (Fsp3) is 0.917. The van der Waals surface area contributed by atoms with E-state index in [0.29, 0.717) is 0 Å². The van der Waals surface area contributed by atoms with Crippen LogP contribution in [0.5, 0.6) is 0 Å². The maximum atomic E-state index is 12.1. The van der Waals surface area contributed by atoms with Gasteiger partial charge in [0.05, 0.1) is 12.6 Å². The molecule has 2 aliphatic heterocycles. The average molecular weight is 290 g/mol. The van der Waals surface area contributed by atoms with Gasteiger partial charge in [0.25, 0.3) is 0 Å². The standard InChI is InChI=1S/C12H22N2O6/c1-19-12-8(10(17)9(16)7(5-15)20-12)14-11(18)6-3-2-4-13-6/h6-10,12-13,15-17H,2-5H2,1H3,(H,14,18)/t6-,7+,8+,9+,10+,12-/m0/s1. The molecule has 0 unspecified atom stereocenters. The number of aliphatic hydroxyl groups is 3. The molecule has 2 heterocycles. The molecule has 6 atom stereocenters. The lowest BCUT2D eigenvalue weighted by Crippen LogP contribution is -2.65. The van der Waals surface area contributed by atoms with E-state index in [1.54, 1.807) is 0 Å². The Hall–Kier alpha value is -0.770. The van der Waals surface area contributed by atoms with E-state index in [4.69, 9.17) is 14.6 Å². The molecule has 5 N–H and O–H groups in total. The van der Waals surface area contributed by atoms with Crippen LogP contribution in [0, 0.1) is 0 Å². The van der Waals surface area contributed by atoms with Gasteiger partial charge >= 0.3 is 0 Å². The second-order valence-electron chi connectivity index (χ2n) is 5.13. The SMILES string of the molecule is CO[C@H]1O[C@H](CO)[C@@H](O)[C@H](O)[C@H]1NC(=O)[C@@H]1CCCN1. The van der Waals surface area contributed by atoms with Crippen molar-refractivity contribution in [2.24, 2.45) is 0 Å². The topological polar surface area (TPSA) is 120 Å². The molecule has 2 aliphatic rings. The van der Waals surface area contributed by atoms with E-state index in [-0.39, 0.29) is 11.9 Å². The van der Waals surface area contributed by atoms with Crippen LogP contribution in [0.3, 0.4) is 0 Å². The lowest BCUT2D eigenvalue weighted by molar-refractivity contribution is -0.262. The molecule has 2 saturated heterocycles. The molecular formula is C12H22N2O6. The molecular weight excluding hydrogens is 268 g/mol. The maximum Gasteiger partial charge on any atom is 0.237 e. The van der Waals surface area contributed by atoms with Gasteiger partial charge in [-0.15, -0.1) is 0 Å². The van der Waals surface area contributed by atoms with Gasteiger partial charge in [-0.2, -0.15) is 0 Å². The number of aliphatic hydroxyl groups excluding tert-OH is 3. The highest BCUT2D eigenvalue weighted by Gasteiger charge is 2.45. The van der Waals surface area contributed by atoms with E-state index in [1.165, 1.54) is 7.11 Å². The number of methoxy groups -OCH3 is 1. The first kappa shape index (κ1) is 15.6. The van der Waals surface area contributed by atoms with Crippen molar-refractivity contribution >= 4 is 5.91 Å². The van der Waals surface area contributed by atoms with Gasteiger partial charge in [0, 0.05) is 7.11 Å². The summed E-state index contributed by atoms with van der Waals surface area (Å²) in [7, 11) is 1.37. The zero-order valence-electron chi connectivity index (χ0n) is 11.4. The number of carbonyl (C=O) groups is 1. The first-order valence-electron chi connectivity index (χ1n) is 6.77. The van der Waals surface area contributed by atoms with Crippen molar-refractivity contribution in [2.45, 2.75) is 49.5 Å². The number of carbonyl (C=O) groups excluding carboxylic acids is 1. The van der Waals surface area contributed by atoms with Crippen LogP contribution >= 0.6 is 0 Å². The van der Waals surface area contributed by atoms with E-state index in [1.807, 2.05) is 0 Å². The lowest BCUT2D eigenvalue weighted by atomic mass is 9.96. The molecule has 0 bridgehead atoms. The predicted molar refractivity (Wildman–Crippen MR) is 67.7 cm³/mol. The van der Waals surface area contributed by atoms with Crippen LogP contribution in [0.1, 0.15) is 12.8 Å². The minimum Gasteiger partial charge on any atom is -0.394 e. The van der Waals surface area contributed by atoms with Crippen LogP contribution < -0.4 is 10.6 Å². The van der Waals surface area contributed by atoms with Gasteiger partial charge in [-0.05, 0) is 19.4 Å². The van der Waals surface area contributed by atoms with Crippen LogP contribution in [0.25, 0.3) is 0 Å². The van der Waals surface area contributed by atoms with Crippen molar-refractivity contribution in [2.75, 3.05) is 20.3 Å². The minimum atomic E-state index is -1.28. The van der Waals surface area contributed by atoms with Crippen molar-refractivity contribution in [3.05, 3.63) is 0 Å². The Balaban J connectivity index is 2.01. The summed E-state index contributed by atoms with van der Waals surface area (Å²) in [5.41, 5.74) is 0. The second kappa shape index (κ2) is 6.79. The van der Waals surface area contributed by atoms with E-state index < -0.39 is 37.3 Å². The number of hydrogen-bond donors (Lipinski definition) is 5. The zero-order valence-corrected chi connectivity index (χ0v) is 11.4. The summed E-state index contributed by atoms with van der Waals surface area (Å²) in [6.45, 7) is 0.341. The van der Waals surface area contributed by atoms with Crippen LogP contribution in [0.15, 0.2) is 0 Å². The fourth-order valence-corrected chi connectivity index (χ4v) is 2.61. The summed E-state index contributed by atoms with van der Waals surface area (Å²) in [5.74, 6) is -0.258. The summed E-state index contributed by atoms with van der Waals surface area (Å²) in [5, 5.41) is 34.7. The molecule has 116 valence electrons. The molecule has 0 aromatic heterocycles. The first-order chi connectivity index (χ1) is 9.58. The van der Waals surface area contributed by atoms with Crippen LogP contribution in [0.2, 0.25) is 0 Å². The van der Waals surface area contributed by atoms with Gasteiger partial charge < -0.3 is 35.4 Å². The van der Waals surface area contributed by atoms with Crippen LogP contribution in [-0.4, -0.2) is 78.2 Å². The molecule has 0 radical (unpaired) electrons. The molecule has 0 aromatic carbocycles. The number of hydrogen-bond acceptors (Lipinski definition) is 7. The van der Waals surface area contributed by atoms with E-state index in [2.05, 4.69) is 10.6 Å². The highest BCUT2D eigenvalue weighted by atomic mass is 16.7. The third-order valence-corrected chi connectivity index (χ3v) is 3.80. The van der Waals surface area contributed by atoms with Crippen molar-refractivity contribution in [1.29, 1.82) is 0 Å². The Morgan fingerprint density at radius 3 is 2.75 bits per heavy atom. The van der Waals surface area contributed by atoms with Crippen molar-refractivity contribution in [3.8, 4) is 0 Å². The smallest absolute Gasteiger partial charge is 0.237 e. The second-order valence-corrected chi connectivity index (χ2v) is 5.13. The van der Waals surface area contributed by atoms with E-state index in [0.717, 1.165) is 19.4 Å². The number of amides is 1. The Kier molecular flexibility index (Phi) is 5.30. The molecule has 0 aromatic rings. The molecule has 0 spiro atoms. The van der Waals surface area contributed by atoms with Crippen molar-refractivity contribution < 1.29 is 29.6 Å². The molecule has 0 aliphatic carbocycles. The lowest BCUT2D eigenvalue weighted by Gasteiger charge is -2.42. The highest BCUT2D eigenvalue weighted by molar-refractivity contribution is 5.82. The molecule has 2 rings (SSSR count). The quantitative estimate of drug-likeness (QED) is 0.382. The van der Waals surface area contributed by atoms with E-state index >= 15 is 0 Å². The van der Waals surface area contributed by atoms with Gasteiger partial charge in [0.1, 0.15) is 24.4 Å². The molecule has 20 heavy (non-hydrogen) atoms. The number of rotatable bonds is 4.